The lowest BCUT2D eigenvalue weighted by molar-refractivity contribution is -0.118. The third kappa shape index (κ3) is 3.81. The highest BCUT2D eigenvalue weighted by molar-refractivity contribution is 5.94. The van der Waals surface area contributed by atoms with E-state index < -0.39 is 0 Å². The Kier molecular flexibility index (Phi) is 4.93. The highest BCUT2D eigenvalue weighted by atomic mass is 16.5. The van der Waals surface area contributed by atoms with E-state index in [-0.39, 0.29) is 12.5 Å². The minimum absolute atomic E-state index is 0.111. The van der Waals surface area contributed by atoms with Crippen molar-refractivity contribution < 1.29 is 18.7 Å². The van der Waals surface area contributed by atoms with Gasteiger partial charge in [-0.05, 0) is 42.5 Å². The molecule has 0 radical (unpaired) electrons. The molecule has 0 saturated carbocycles. The predicted octanol–water partition coefficient (Wildman–Crippen LogP) is 4.52. The predicted molar refractivity (Wildman–Crippen MR) is 107 cm³/mol. The van der Waals surface area contributed by atoms with Crippen molar-refractivity contribution in [3.63, 3.8) is 0 Å². The van der Waals surface area contributed by atoms with E-state index >= 15 is 0 Å². The number of nitrogens with zero attached hydrogens (tertiary/aromatic N) is 1. The average Bonchev–Trinajstić information content (AvgIpc) is 3.17. The largest absolute Gasteiger partial charge is 0.495 e. The van der Waals surface area contributed by atoms with E-state index in [0.29, 0.717) is 28.7 Å². The van der Waals surface area contributed by atoms with Gasteiger partial charge in [0.2, 0.25) is 5.89 Å². The topological polar surface area (TPSA) is 73.6 Å². The van der Waals surface area contributed by atoms with E-state index in [2.05, 4.69) is 10.3 Å². The van der Waals surface area contributed by atoms with Crippen LogP contribution in [0.15, 0.2) is 77.2 Å². The number of hydrogen-bond donors (Lipinski definition) is 1. The van der Waals surface area contributed by atoms with Crippen LogP contribution < -0.4 is 14.8 Å². The van der Waals surface area contributed by atoms with Gasteiger partial charge in [0.15, 0.2) is 12.2 Å². The summed E-state index contributed by atoms with van der Waals surface area (Å²) in [6.45, 7) is -0.111. The molecule has 1 heterocycles. The minimum atomic E-state index is -0.295. The van der Waals surface area contributed by atoms with Crippen LogP contribution in [0.25, 0.3) is 22.6 Å². The number of para-hydroxylation sites is 3. The lowest BCUT2D eigenvalue weighted by Crippen LogP contribution is -2.20. The van der Waals surface area contributed by atoms with Crippen molar-refractivity contribution in [2.75, 3.05) is 19.0 Å². The molecule has 6 heteroatoms. The summed E-state index contributed by atoms with van der Waals surface area (Å²) in [5.74, 6) is 1.34. The van der Waals surface area contributed by atoms with Crippen LogP contribution in [0.3, 0.4) is 0 Å². The molecule has 0 aliphatic carbocycles. The fraction of sp³-hybridized carbons (Fsp3) is 0.0909. The Hall–Kier alpha value is -3.80. The highest BCUT2D eigenvalue weighted by Gasteiger charge is 2.13. The van der Waals surface area contributed by atoms with Gasteiger partial charge in [-0.25, -0.2) is 4.98 Å². The first-order chi connectivity index (χ1) is 13.7. The molecule has 0 unspecified atom stereocenters. The fourth-order valence-corrected chi connectivity index (χ4v) is 2.79. The van der Waals surface area contributed by atoms with Crippen molar-refractivity contribution in [3.05, 3.63) is 72.8 Å². The number of anilines is 1. The van der Waals surface area contributed by atoms with Crippen molar-refractivity contribution in [1.82, 2.24) is 4.98 Å². The molecule has 0 atom stereocenters. The Morgan fingerprint density at radius 1 is 1.04 bits per heavy atom. The van der Waals surface area contributed by atoms with Crippen LogP contribution in [-0.4, -0.2) is 24.6 Å². The summed E-state index contributed by atoms with van der Waals surface area (Å²) < 4.78 is 16.6. The number of fused-ring (bicyclic) bond motifs is 1. The van der Waals surface area contributed by atoms with Gasteiger partial charge in [0.05, 0.1) is 12.8 Å². The number of amides is 1. The summed E-state index contributed by atoms with van der Waals surface area (Å²) in [5, 5.41) is 2.82. The maximum Gasteiger partial charge on any atom is 0.262 e. The number of nitrogens with one attached hydrogen (secondary N) is 1. The van der Waals surface area contributed by atoms with Crippen molar-refractivity contribution >= 4 is 22.7 Å². The number of methoxy groups -OCH3 is 1. The molecule has 1 aromatic heterocycles. The van der Waals surface area contributed by atoms with Crippen LogP contribution in [0.4, 0.5) is 5.69 Å². The Balaban J connectivity index is 1.54. The molecule has 0 spiro atoms. The third-order valence-electron chi connectivity index (χ3n) is 4.13. The Bertz CT molecular complexity index is 1070. The van der Waals surface area contributed by atoms with Gasteiger partial charge in [-0.15, -0.1) is 0 Å². The Morgan fingerprint density at radius 3 is 2.61 bits per heavy atom. The van der Waals surface area contributed by atoms with Crippen LogP contribution in [0.2, 0.25) is 0 Å². The zero-order chi connectivity index (χ0) is 19.3. The molecular weight excluding hydrogens is 356 g/mol. The van der Waals surface area contributed by atoms with E-state index in [1.165, 1.54) is 0 Å². The molecule has 4 aromatic rings. The fourth-order valence-electron chi connectivity index (χ4n) is 2.79. The number of benzene rings is 3. The smallest absolute Gasteiger partial charge is 0.262 e. The lowest BCUT2D eigenvalue weighted by atomic mass is 10.2. The quantitative estimate of drug-likeness (QED) is 0.537. The van der Waals surface area contributed by atoms with E-state index in [1.807, 2.05) is 48.5 Å². The number of carbonyl (C=O) groups excluding carboxylic acids is 1. The van der Waals surface area contributed by atoms with E-state index in [4.69, 9.17) is 13.9 Å². The first-order valence-electron chi connectivity index (χ1n) is 8.74. The standard InChI is InChI=1S/C22H18N2O4/c1-26-19-12-11-15(22-24-17-9-5-6-10-20(17)28-22)13-18(19)23-21(25)14-27-16-7-3-2-4-8-16/h2-13H,14H2,1H3,(H,23,25). The van der Waals surface area contributed by atoms with Gasteiger partial charge in [-0.1, -0.05) is 30.3 Å². The van der Waals surface area contributed by atoms with Crippen LogP contribution in [0.1, 0.15) is 0 Å². The highest BCUT2D eigenvalue weighted by Crippen LogP contribution is 2.31. The van der Waals surface area contributed by atoms with E-state index in [1.54, 1.807) is 31.4 Å². The molecule has 6 nitrogen and oxygen atoms in total. The summed E-state index contributed by atoms with van der Waals surface area (Å²) in [7, 11) is 1.55. The van der Waals surface area contributed by atoms with E-state index in [0.717, 1.165) is 11.1 Å². The summed E-state index contributed by atoms with van der Waals surface area (Å²) in [6.07, 6.45) is 0. The van der Waals surface area contributed by atoms with Crippen LogP contribution >= 0.6 is 0 Å². The monoisotopic (exact) mass is 374 g/mol. The van der Waals surface area contributed by atoms with E-state index in [9.17, 15) is 4.79 Å². The van der Waals surface area contributed by atoms with Gasteiger partial charge in [0, 0.05) is 5.56 Å². The zero-order valence-electron chi connectivity index (χ0n) is 15.2. The molecule has 3 aromatic carbocycles. The molecule has 1 N–H and O–H groups in total. The number of hydrogen-bond acceptors (Lipinski definition) is 5. The summed E-state index contributed by atoms with van der Waals surface area (Å²) in [6, 6.07) is 22.1. The van der Waals surface area contributed by atoms with Gasteiger partial charge in [0.25, 0.3) is 5.91 Å². The number of ether oxygens (including phenoxy) is 2. The molecule has 0 bridgehead atoms. The Labute approximate surface area is 161 Å². The van der Waals surface area contributed by atoms with Gasteiger partial charge in [0.1, 0.15) is 17.0 Å². The van der Waals surface area contributed by atoms with Crippen molar-refractivity contribution in [1.29, 1.82) is 0 Å². The summed E-state index contributed by atoms with van der Waals surface area (Å²) in [5.41, 5.74) is 2.73. The van der Waals surface area contributed by atoms with Crippen LogP contribution in [0, 0.1) is 0 Å². The van der Waals surface area contributed by atoms with Crippen molar-refractivity contribution in [2.24, 2.45) is 0 Å². The molecule has 140 valence electrons. The number of aromatic nitrogens is 1. The van der Waals surface area contributed by atoms with Gasteiger partial charge >= 0.3 is 0 Å². The average molecular weight is 374 g/mol. The Morgan fingerprint density at radius 2 is 1.82 bits per heavy atom. The van der Waals surface area contributed by atoms with Crippen molar-refractivity contribution in [3.8, 4) is 23.0 Å². The number of oxazole rings is 1. The zero-order valence-corrected chi connectivity index (χ0v) is 15.2. The second kappa shape index (κ2) is 7.84. The number of rotatable bonds is 6. The maximum absolute atomic E-state index is 12.3. The summed E-state index contributed by atoms with van der Waals surface area (Å²) in [4.78, 5) is 16.8. The third-order valence-corrected chi connectivity index (χ3v) is 4.13. The first-order valence-corrected chi connectivity index (χ1v) is 8.74. The lowest BCUT2D eigenvalue weighted by Gasteiger charge is -2.12. The molecule has 28 heavy (non-hydrogen) atoms. The molecule has 0 saturated heterocycles. The molecule has 0 aliphatic heterocycles. The minimum Gasteiger partial charge on any atom is -0.495 e. The SMILES string of the molecule is COc1ccc(-c2nc3ccccc3o2)cc1NC(=O)COc1ccccc1. The molecule has 1 amide bonds. The maximum atomic E-state index is 12.3. The van der Waals surface area contributed by atoms with Gasteiger partial charge < -0.3 is 19.2 Å². The molecule has 0 aliphatic rings. The van der Waals surface area contributed by atoms with Crippen molar-refractivity contribution in [2.45, 2.75) is 0 Å². The number of carbonyl (C=O) groups is 1. The van der Waals surface area contributed by atoms with Crippen LogP contribution in [0.5, 0.6) is 11.5 Å². The molecular formula is C22H18N2O4. The van der Waals surface area contributed by atoms with Gasteiger partial charge in [-0.2, -0.15) is 0 Å². The molecule has 4 rings (SSSR count). The normalized spacial score (nSPS) is 10.6. The van der Waals surface area contributed by atoms with Gasteiger partial charge in [-0.3, -0.25) is 4.79 Å². The van der Waals surface area contributed by atoms with Crippen LogP contribution in [-0.2, 0) is 4.79 Å². The molecule has 0 fully saturated rings. The second-order valence-corrected chi connectivity index (χ2v) is 6.05. The first kappa shape index (κ1) is 17.6. The summed E-state index contributed by atoms with van der Waals surface area (Å²) >= 11 is 0. The second-order valence-electron chi connectivity index (χ2n) is 6.05.